The molecule has 1 amide bonds. The van der Waals surface area contributed by atoms with E-state index in [4.69, 9.17) is 23.1 Å². The topological polar surface area (TPSA) is 92.4 Å². The minimum atomic E-state index is -1.16. The number of amides is 1. The van der Waals surface area contributed by atoms with E-state index in [2.05, 4.69) is 5.32 Å². The van der Waals surface area contributed by atoms with Crippen molar-refractivity contribution in [1.82, 2.24) is 5.32 Å². The van der Waals surface area contributed by atoms with Gasteiger partial charge in [-0.25, -0.2) is 4.79 Å². The third-order valence-corrected chi connectivity index (χ3v) is 2.40. The number of carbonyl (C=O) groups excluding carboxylic acids is 1. The van der Waals surface area contributed by atoms with Crippen LogP contribution in [0.2, 0.25) is 0 Å². The molecule has 0 spiro atoms. The fraction of sp³-hybridized carbons (Fsp3) is 0.182. The zero-order valence-corrected chi connectivity index (χ0v) is 9.74. The van der Waals surface area contributed by atoms with Crippen LogP contribution in [0, 0.1) is 0 Å². The number of aliphatic carboxylic acids is 1. The van der Waals surface area contributed by atoms with Crippen LogP contribution in [0.1, 0.15) is 12.0 Å². The van der Waals surface area contributed by atoms with E-state index in [1.165, 1.54) is 0 Å². The molecule has 0 unspecified atom stereocenters. The maximum atomic E-state index is 10.9. The number of thiocarbonyl (C=S) groups is 1. The Morgan fingerprint density at radius 1 is 1.35 bits per heavy atom. The Kier molecular flexibility index (Phi) is 4.59. The molecule has 0 saturated carbocycles. The van der Waals surface area contributed by atoms with Gasteiger partial charge in [-0.15, -0.1) is 0 Å². The van der Waals surface area contributed by atoms with Crippen LogP contribution >= 0.6 is 12.2 Å². The summed E-state index contributed by atoms with van der Waals surface area (Å²) < 4.78 is 0. The maximum Gasteiger partial charge on any atom is 0.326 e. The zero-order chi connectivity index (χ0) is 12.8. The Morgan fingerprint density at radius 3 is 2.41 bits per heavy atom. The van der Waals surface area contributed by atoms with E-state index >= 15 is 0 Å². The Hall–Kier alpha value is -1.95. The number of primary amides is 1. The number of carbonyl (C=O) groups is 2. The monoisotopic (exact) mass is 252 g/mol. The van der Waals surface area contributed by atoms with Crippen LogP contribution in [0.4, 0.5) is 0 Å². The molecule has 1 aromatic rings. The first-order valence-electron chi connectivity index (χ1n) is 4.87. The minimum Gasteiger partial charge on any atom is -0.480 e. The highest BCUT2D eigenvalue weighted by molar-refractivity contribution is 7.80. The van der Waals surface area contributed by atoms with Crippen molar-refractivity contribution in [2.24, 2.45) is 5.73 Å². The Morgan fingerprint density at radius 2 is 1.94 bits per heavy atom. The zero-order valence-electron chi connectivity index (χ0n) is 8.92. The van der Waals surface area contributed by atoms with Crippen molar-refractivity contribution >= 4 is 29.1 Å². The molecule has 0 bridgehead atoms. The summed E-state index contributed by atoms with van der Waals surface area (Å²) in [6.07, 6.45) is -0.303. The fourth-order valence-electron chi connectivity index (χ4n) is 1.23. The highest BCUT2D eigenvalue weighted by atomic mass is 32.1. The molecule has 0 aliphatic carbocycles. The van der Waals surface area contributed by atoms with Crippen molar-refractivity contribution in [3.05, 3.63) is 35.9 Å². The van der Waals surface area contributed by atoms with Crippen LogP contribution in [-0.4, -0.2) is 28.0 Å². The SMILES string of the molecule is NC(=O)C[C@@H](NC(=S)c1ccccc1)C(=O)O. The third-order valence-electron chi connectivity index (χ3n) is 2.04. The van der Waals surface area contributed by atoms with Crippen molar-refractivity contribution in [1.29, 1.82) is 0 Å². The molecule has 1 atom stereocenters. The predicted octanol–water partition coefficient (Wildman–Crippen LogP) is 0.280. The first-order valence-corrected chi connectivity index (χ1v) is 5.28. The number of rotatable bonds is 5. The summed E-state index contributed by atoms with van der Waals surface area (Å²) in [5.41, 5.74) is 5.65. The number of hydrogen-bond acceptors (Lipinski definition) is 3. The van der Waals surface area contributed by atoms with E-state index in [0.717, 1.165) is 0 Å². The quantitative estimate of drug-likeness (QED) is 0.655. The largest absolute Gasteiger partial charge is 0.480 e. The third kappa shape index (κ3) is 4.20. The second kappa shape index (κ2) is 5.95. The van der Waals surface area contributed by atoms with Crippen molar-refractivity contribution in [2.75, 3.05) is 0 Å². The van der Waals surface area contributed by atoms with E-state index in [-0.39, 0.29) is 11.4 Å². The second-order valence-electron chi connectivity index (χ2n) is 3.40. The molecule has 0 aliphatic heterocycles. The summed E-state index contributed by atoms with van der Waals surface area (Å²) in [5.74, 6) is -1.86. The summed E-state index contributed by atoms with van der Waals surface area (Å²) >= 11 is 5.04. The van der Waals surface area contributed by atoms with Crippen LogP contribution in [-0.2, 0) is 9.59 Å². The number of benzene rings is 1. The van der Waals surface area contributed by atoms with Crippen LogP contribution in [0.25, 0.3) is 0 Å². The van der Waals surface area contributed by atoms with Gasteiger partial charge in [0.2, 0.25) is 5.91 Å². The molecule has 5 nitrogen and oxygen atoms in total. The van der Waals surface area contributed by atoms with Crippen LogP contribution in [0.15, 0.2) is 30.3 Å². The number of hydrogen-bond donors (Lipinski definition) is 3. The molecule has 0 heterocycles. The molecule has 90 valence electrons. The molecular formula is C11H12N2O3S. The average molecular weight is 252 g/mol. The summed E-state index contributed by atoms with van der Waals surface area (Å²) in [6, 6.07) is 7.79. The van der Waals surface area contributed by atoms with Gasteiger partial charge in [-0.2, -0.15) is 0 Å². The lowest BCUT2D eigenvalue weighted by atomic mass is 10.1. The van der Waals surface area contributed by atoms with Crippen molar-refractivity contribution in [3.8, 4) is 0 Å². The van der Waals surface area contributed by atoms with Crippen molar-refractivity contribution in [2.45, 2.75) is 12.5 Å². The second-order valence-corrected chi connectivity index (χ2v) is 3.81. The van der Waals surface area contributed by atoms with Gasteiger partial charge in [0.05, 0.1) is 6.42 Å². The standard InChI is InChI=1S/C11H12N2O3S/c12-9(14)6-8(11(15)16)13-10(17)7-4-2-1-3-5-7/h1-5,8H,6H2,(H2,12,14)(H,13,17)(H,15,16)/t8-/m1/s1. The Bertz CT molecular complexity index is 434. The molecule has 0 saturated heterocycles. The molecule has 0 fully saturated rings. The molecule has 17 heavy (non-hydrogen) atoms. The number of nitrogens with one attached hydrogen (secondary N) is 1. The Balaban J connectivity index is 2.71. The lowest BCUT2D eigenvalue weighted by Crippen LogP contribution is -2.42. The minimum absolute atomic E-state index is 0.277. The normalized spacial score (nSPS) is 11.5. The van der Waals surface area contributed by atoms with Gasteiger partial charge < -0.3 is 16.2 Å². The van der Waals surface area contributed by atoms with Crippen molar-refractivity contribution in [3.63, 3.8) is 0 Å². The molecule has 0 aliphatic rings. The van der Waals surface area contributed by atoms with Crippen LogP contribution in [0.3, 0.4) is 0 Å². The van der Waals surface area contributed by atoms with Gasteiger partial charge in [-0.3, -0.25) is 4.79 Å². The molecule has 6 heteroatoms. The number of nitrogens with two attached hydrogens (primary N) is 1. The maximum absolute atomic E-state index is 10.9. The molecule has 1 aromatic carbocycles. The first-order chi connectivity index (χ1) is 8.00. The van der Waals surface area contributed by atoms with Gasteiger partial charge >= 0.3 is 5.97 Å². The van der Waals surface area contributed by atoms with Gasteiger partial charge in [0, 0.05) is 5.56 Å². The summed E-state index contributed by atoms with van der Waals surface area (Å²) in [6.45, 7) is 0. The smallest absolute Gasteiger partial charge is 0.326 e. The number of carboxylic acids is 1. The molecule has 1 rings (SSSR count). The first kappa shape index (κ1) is 13.1. The summed E-state index contributed by atoms with van der Waals surface area (Å²) in [4.78, 5) is 21.9. The van der Waals surface area contributed by atoms with Gasteiger partial charge in [-0.05, 0) is 0 Å². The van der Waals surface area contributed by atoms with E-state index in [0.29, 0.717) is 5.56 Å². The van der Waals surface area contributed by atoms with Gasteiger partial charge in [0.15, 0.2) is 0 Å². The van der Waals surface area contributed by atoms with E-state index in [1.807, 2.05) is 6.07 Å². The highest BCUT2D eigenvalue weighted by Gasteiger charge is 2.20. The van der Waals surface area contributed by atoms with E-state index in [9.17, 15) is 9.59 Å². The molecule has 0 radical (unpaired) electrons. The highest BCUT2D eigenvalue weighted by Crippen LogP contribution is 2.02. The van der Waals surface area contributed by atoms with Crippen molar-refractivity contribution < 1.29 is 14.7 Å². The Labute approximate surface area is 104 Å². The average Bonchev–Trinajstić information content (AvgIpc) is 2.28. The predicted molar refractivity (Wildman–Crippen MR) is 66.5 cm³/mol. The summed E-state index contributed by atoms with van der Waals surface area (Å²) in [5, 5.41) is 11.5. The molecular weight excluding hydrogens is 240 g/mol. The van der Waals surface area contributed by atoms with Crippen LogP contribution < -0.4 is 11.1 Å². The lowest BCUT2D eigenvalue weighted by molar-refractivity contribution is -0.140. The molecule has 4 N–H and O–H groups in total. The van der Waals surface area contributed by atoms with Gasteiger partial charge in [0.1, 0.15) is 11.0 Å². The molecule has 0 aromatic heterocycles. The van der Waals surface area contributed by atoms with Crippen LogP contribution in [0.5, 0.6) is 0 Å². The van der Waals surface area contributed by atoms with Gasteiger partial charge in [0.25, 0.3) is 0 Å². The summed E-state index contributed by atoms with van der Waals surface area (Å²) in [7, 11) is 0. The number of carboxylic acid groups (broad SMARTS) is 1. The van der Waals surface area contributed by atoms with Gasteiger partial charge in [-0.1, -0.05) is 42.5 Å². The van der Waals surface area contributed by atoms with E-state index in [1.54, 1.807) is 24.3 Å². The van der Waals surface area contributed by atoms with E-state index < -0.39 is 17.9 Å². The fourth-order valence-corrected chi connectivity index (χ4v) is 1.51. The lowest BCUT2D eigenvalue weighted by Gasteiger charge is -2.14.